The van der Waals surface area contributed by atoms with Crippen LogP contribution >= 0.6 is 0 Å². The number of para-hydroxylation sites is 4. The average molecular weight is 623 g/mol. The van der Waals surface area contributed by atoms with Crippen LogP contribution < -0.4 is 47.9 Å². The Balaban J connectivity index is 1.27. The number of rotatable bonds is 2. The highest BCUT2D eigenvalue weighted by Crippen LogP contribution is 2.48. The van der Waals surface area contributed by atoms with Crippen LogP contribution in [0.4, 0.5) is 45.5 Å². The molecule has 5 heteroatoms. The van der Waals surface area contributed by atoms with Gasteiger partial charge in [-0.05, 0) is 105 Å². The van der Waals surface area contributed by atoms with E-state index in [0.717, 1.165) is 0 Å². The summed E-state index contributed by atoms with van der Waals surface area (Å²) < 4.78 is 0. The SMILES string of the molecule is Cc1ccccc1-c1cccc(N2c3ccccc3B3c4ccccc4N4c5ccccc5B5c6ccccc6Nc6cc2c3c4c65)c1C. The first kappa shape index (κ1) is 27.1. The third kappa shape index (κ3) is 3.49. The van der Waals surface area contributed by atoms with Gasteiger partial charge in [-0.1, -0.05) is 109 Å². The van der Waals surface area contributed by atoms with Gasteiger partial charge in [0.25, 0.3) is 13.4 Å². The van der Waals surface area contributed by atoms with Crippen molar-refractivity contribution in [3.8, 4) is 11.1 Å². The number of hydrogen-bond acceptors (Lipinski definition) is 3. The van der Waals surface area contributed by atoms with Crippen molar-refractivity contribution in [2.45, 2.75) is 13.8 Å². The largest absolute Gasteiger partial charge is 0.356 e. The zero-order chi connectivity index (χ0) is 32.4. The molecule has 3 nitrogen and oxygen atoms in total. The molecule has 0 aromatic heterocycles. The predicted octanol–water partition coefficient (Wildman–Crippen LogP) is 6.94. The molecule has 4 aliphatic rings. The van der Waals surface area contributed by atoms with Crippen molar-refractivity contribution in [2.75, 3.05) is 15.1 Å². The Morgan fingerprint density at radius 2 is 0.959 bits per heavy atom. The summed E-state index contributed by atoms with van der Waals surface area (Å²) in [4.78, 5) is 5.13. The number of hydrogen-bond donors (Lipinski definition) is 1. The van der Waals surface area contributed by atoms with Crippen LogP contribution in [0, 0.1) is 13.8 Å². The molecule has 1 N–H and O–H groups in total. The number of benzene rings is 7. The van der Waals surface area contributed by atoms with E-state index in [0.29, 0.717) is 0 Å². The highest BCUT2D eigenvalue weighted by Gasteiger charge is 2.50. The van der Waals surface area contributed by atoms with E-state index in [4.69, 9.17) is 0 Å². The third-order valence-corrected chi connectivity index (χ3v) is 11.4. The van der Waals surface area contributed by atoms with E-state index < -0.39 is 0 Å². The molecule has 0 radical (unpaired) electrons. The topological polar surface area (TPSA) is 18.5 Å². The molecule has 0 saturated carbocycles. The predicted molar refractivity (Wildman–Crippen MR) is 210 cm³/mol. The Morgan fingerprint density at radius 1 is 0.429 bits per heavy atom. The molecule has 4 heterocycles. The Morgan fingerprint density at radius 3 is 1.65 bits per heavy atom. The van der Waals surface area contributed by atoms with Gasteiger partial charge in [0.1, 0.15) is 0 Å². The summed E-state index contributed by atoms with van der Waals surface area (Å²) in [6.07, 6.45) is 0. The molecule has 0 spiro atoms. The van der Waals surface area contributed by atoms with Gasteiger partial charge in [0.2, 0.25) is 0 Å². The van der Waals surface area contributed by atoms with Gasteiger partial charge in [-0.15, -0.1) is 0 Å². The zero-order valence-corrected chi connectivity index (χ0v) is 27.4. The van der Waals surface area contributed by atoms with Gasteiger partial charge < -0.3 is 15.1 Å². The maximum Gasteiger partial charge on any atom is 0.252 e. The van der Waals surface area contributed by atoms with Crippen LogP contribution in [0.2, 0.25) is 0 Å². The first-order valence-electron chi connectivity index (χ1n) is 17.3. The summed E-state index contributed by atoms with van der Waals surface area (Å²) in [6.45, 7) is 4.76. The lowest BCUT2D eigenvalue weighted by Gasteiger charge is -2.49. The molecule has 0 amide bonds. The smallest absolute Gasteiger partial charge is 0.252 e. The summed E-state index contributed by atoms with van der Waals surface area (Å²) in [5.41, 5.74) is 23.2. The summed E-state index contributed by atoms with van der Waals surface area (Å²) in [6, 6.07) is 54.1. The molecule has 0 aliphatic carbocycles. The van der Waals surface area contributed by atoms with E-state index in [9.17, 15) is 0 Å². The van der Waals surface area contributed by atoms with Crippen molar-refractivity contribution in [3.05, 3.63) is 157 Å². The molecular formula is C44H31B2N3. The van der Waals surface area contributed by atoms with Crippen LogP contribution in [0.3, 0.4) is 0 Å². The first-order valence-corrected chi connectivity index (χ1v) is 17.3. The zero-order valence-electron chi connectivity index (χ0n) is 27.4. The van der Waals surface area contributed by atoms with E-state index >= 15 is 0 Å². The molecule has 0 unspecified atom stereocenters. The third-order valence-electron chi connectivity index (χ3n) is 11.4. The monoisotopic (exact) mass is 623 g/mol. The Bertz CT molecular complexity index is 2550. The second-order valence-electron chi connectivity index (χ2n) is 13.8. The van der Waals surface area contributed by atoms with Crippen LogP contribution in [-0.2, 0) is 0 Å². The van der Waals surface area contributed by atoms with E-state index in [1.165, 1.54) is 101 Å². The van der Waals surface area contributed by atoms with E-state index in [1.54, 1.807) is 0 Å². The van der Waals surface area contributed by atoms with Crippen molar-refractivity contribution in [3.63, 3.8) is 0 Å². The lowest BCUT2D eigenvalue weighted by Crippen LogP contribution is -2.68. The molecule has 7 aromatic rings. The van der Waals surface area contributed by atoms with Gasteiger partial charge in [0.15, 0.2) is 0 Å². The minimum Gasteiger partial charge on any atom is -0.356 e. The summed E-state index contributed by atoms with van der Waals surface area (Å²) in [5, 5.41) is 3.95. The molecule has 0 atom stereocenters. The van der Waals surface area contributed by atoms with Crippen molar-refractivity contribution in [1.82, 2.24) is 0 Å². The number of fused-ring (bicyclic) bond motifs is 10. The fourth-order valence-corrected chi connectivity index (χ4v) is 9.36. The minimum absolute atomic E-state index is 0.109. The maximum atomic E-state index is 3.95. The van der Waals surface area contributed by atoms with Gasteiger partial charge in [-0.25, -0.2) is 0 Å². The second-order valence-corrected chi connectivity index (χ2v) is 13.8. The molecule has 4 aliphatic heterocycles. The number of anilines is 8. The quantitative estimate of drug-likeness (QED) is 0.211. The van der Waals surface area contributed by atoms with Crippen molar-refractivity contribution >= 4 is 91.7 Å². The van der Waals surface area contributed by atoms with Gasteiger partial charge in [0, 0.05) is 45.5 Å². The summed E-state index contributed by atoms with van der Waals surface area (Å²) >= 11 is 0. The molecule has 0 saturated heterocycles. The highest BCUT2D eigenvalue weighted by molar-refractivity contribution is 7.04. The molecule has 228 valence electrons. The van der Waals surface area contributed by atoms with E-state index in [2.05, 4.69) is 175 Å². The minimum atomic E-state index is 0.109. The van der Waals surface area contributed by atoms with Gasteiger partial charge in [0.05, 0.1) is 0 Å². The van der Waals surface area contributed by atoms with Crippen molar-refractivity contribution in [2.24, 2.45) is 0 Å². The Hall–Kier alpha value is -5.93. The lowest BCUT2D eigenvalue weighted by atomic mass is 9.29. The van der Waals surface area contributed by atoms with Gasteiger partial charge in [-0.2, -0.15) is 0 Å². The van der Waals surface area contributed by atoms with Crippen LogP contribution in [-0.4, -0.2) is 13.4 Å². The molecule has 49 heavy (non-hydrogen) atoms. The second kappa shape index (κ2) is 9.81. The Labute approximate surface area is 287 Å². The molecule has 0 bridgehead atoms. The first-order chi connectivity index (χ1) is 24.2. The number of nitrogens with zero attached hydrogens (tertiary/aromatic N) is 2. The fourth-order valence-electron chi connectivity index (χ4n) is 9.36. The molecular weight excluding hydrogens is 592 g/mol. The van der Waals surface area contributed by atoms with Crippen molar-refractivity contribution < 1.29 is 0 Å². The van der Waals surface area contributed by atoms with E-state index in [1.807, 2.05) is 0 Å². The normalized spacial score (nSPS) is 13.9. The van der Waals surface area contributed by atoms with Crippen LogP contribution in [0.25, 0.3) is 11.1 Å². The summed E-state index contributed by atoms with van der Waals surface area (Å²) in [7, 11) is 0. The number of aryl methyl sites for hydroxylation is 1. The standard InChI is InChI=1S/C44H31B2N3/c1-27-14-3-4-15-29(27)30-16-13-25-37(28(30)2)48-38-22-10-6-18-32(38)46-34-20-8-12-24-40(34)49-39-23-11-7-19-33(39)45-31-17-5-9-21-35(31)47-36-26-41(48)43(46)44(49)42(36)45/h3-26,47H,1-2H3. The Kier molecular flexibility index (Phi) is 5.42. The van der Waals surface area contributed by atoms with E-state index in [-0.39, 0.29) is 13.4 Å². The summed E-state index contributed by atoms with van der Waals surface area (Å²) in [5.74, 6) is 0. The molecule has 7 aromatic carbocycles. The van der Waals surface area contributed by atoms with Crippen LogP contribution in [0.15, 0.2) is 146 Å². The lowest BCUT2D eigenvalue weighted by molar-refractivity contribution is 1.24. The maximum absolute atomic E-state index is 3.95. The van der Waals surface area contributed by atoms with Crippen molar-refractivity contribution in [1.29, 1.82) is 0 Å². The molecule has 0 fully saturated rings. The van der Waals surface area contributed by atoms with Crippen LogP contribution in [0.5, 0.6) is 0 Å². The molecule has 11 rings (SSSR count). The number of nitrogens with one attached hydrogen (secondary N) is 1. The van der Waals surface area contributed by atoms with Crippen LogP contribution in [0.1, 0.15) is 11.1 Å². The average Bonchev–Trinajstić information content (AvgIpc) is 3.15. The van der Waals surface area contributed by atoms with Gasteiger partial charge in [-0.3, -0.25) is 0 Å². The highest BCUT2D eigenvalue weighted by atomic mass is 15.2. The van der Waals surface area contributed by atoms with Gasteiger partial charge >= 0.3 is 0 Å². The fraction of sp³-hybridized carbons (Fsp3) is 0.0455.